The van der Waals surface area contributed by atoms with Crippen LogP contribution in [0.5, 0.6) is 0 Å². The molecule has 0 N–H and O–H groups in total. The van der Waals surface area contributed by atoms with E-state index in [9.17, 15) is 9.18 Å². The lowest BCUT2D eigenvalue weighted by atomic mass is 10.1. The molecule has 0 saturated carbocycles. The van der Waals surface area contributed by atoms with Crippen LogP contribution < -0.4 is 0 Å². The zero-order valence-corrected chi connectivity index (χ0v) is 9.45. The van der Waals surface area contributed by atoms with Crippen molar-refractivity contribution >= 4 is 5.91 Å². The van der Waals surface area contributed by atoms with E-state index in [0.29, 0.717) is 12.1 Å². The molecule has 0 aromatic heterocycles. The lowest BCUT2D eigenvalue weighted by Gasteiger charge is -2.23. The monoisotopic (exact) mass is 221 g/mol. The topological polar surface area (TPSA) is 20.3 Å². The first-order chi connectivity index (χ1) is 7.74. The van der Waals surface area contributed by atoms with Crippen molar-refractivity contribution in [2.45, 2.75) is 25.8 Å². The molecule has 1 aliphatic heterocycles. The van der Waals surface area contributed by atoms with E-state index in [1.54, 1.807) is 4.90 Å². The lowest BCUT2D eigenvalue weighted by molar-refractivity contribution is 0.0715. The summed E-state index contributed by atoms with van der Waals surface area (Å²) in [5, 5.41) is 0. The summed E-state index contributed by atoms with van der Waals surface area (Å²) < 4.78 is 12.7. The molecule has 2 rings (SSSR count). The second-order valence-electron chi connectivity index (χ2n) is 4.26. The van der Waals surface area contributed by atoms with Gasteiger partial charge in [0.25, 0.3) is 5.91 Å². The quantitative estimate of drug-likeness (QED) is 0.751. The Kier molecular flexibility index (Phi) is 3.22. The lowest BCUT2D eigenvalue weighted by Crippen LogP contribution is -2.37. The molecular formula is C13H16FNO. The van der Waals surface area contributed by atoms with Crippen LogP contribution in [0.25, 0.3) is 0 Å². The number of nitrogens with zero attached hydrogens (tertiary/aromatic N) is 1. The van der Waals surface area contributed by atoms with Crippen LogP contribution in [0.1, 0.15) is 28.8 Å². The minimum Gasteiger partial charge on any atom is -0.333 e. The molecule has 16 heavy (non-hydrogen) atoms. The molecule has 86 valence electrons. The molecule has 0 bridgehead atoms. The van der Waals surface area contributed by atoms with Gasteiger partial charge in [0.15, 0.2) is 0 Å². The molecule has 1 aromatic rings. The molecule has 1 saturated heterocycles. The molecule has 1 atom stereocenters. The van der Waals surface area contributed by atoms with E-state index in [1.165, 1.54) is 0 Å². The van der Waals surface area contributed by atoms with Crippen LogP contribution in [0, 0.1) is 6.92 Å². The van der Waals surface area contributed by atoms with E-state index in [1.807, 2.05) is 31.2 Å². The predicted molar refractivity (Wildman–Crippen MR) is 61.2 cm³/mol. The second-order valence-corrected chi connectivity index (χ2v) is 4.26. The van der Waals surface area contributed by atoms with Gasteiger partial charge in [-0.15, -0.1) is 0 Å². The number of hydrogen-bond acceptors (Lipinski definition) is 1. The number of amides is 1. The molecule has 1 aliphatic rings. The number of likely N-dealkylation sites (tertiary alicyclic amines) is 1. The van der Waals surface area contributed by atoms with Crippen LogP contribution >= 0.6 is 0 Å². The molecule has 1 unspecified atom stereocenters. The van der Waals surface area contributed by atoms with Gasteiger partial charge in [-0.1, -0.05) is 18.2 Å². The molecule has 0 radical (unpaired) electrons. The highest BCUT2D eigenvalue weighted by Crippen LogP contribution is 2.21. The largest absolute Gasteiger partial charge is 0.333 e. The van der Waals surface area contributed by atoms with Crippen LogP contribution in [0.3, 0.4) is 0 Å². The number of aryl methyl sites for hydroxylation is 1. The summed E-state index contributed by atoms with van der Waals surface area (Å²) in [6.07, 6.45) is 1.69. The van der Waals surface area contributed by atoms with E-state index in [4.69, 9.17) is 0 Å². The molecule has 1 fully saturated rings. The van der Waals surface area contributed by atoms with E-state index >= 15 is 0 Å². The molecule has 2 nitrogen and oxygen atoms in total. The third-order valence-corrected chi connectivity index (χ3v) is 3.19. The Bertz CT molecular complexity index is 391. The first-order valence-corrected chi connectivity index (χ1v) is 5.66. The van der Waals surface area contributed by atoms with Gasteiger partial charge in [-0.05, 0) is 31.4 Å². The van der Waals surface area contributed by atoms with Crippen molar-refractivity contribution in [3.63, 3.8) is 0 Å². The van der Waals surface area contributed by atoms with Gasteiger partial charge in [0.2, 0.25) is 0 Å². The third kappa shape index (κ3) is 1.94. The van der Waals surface area contributed by atoms with Gasteiger partial charge in [0.05, 0.1) is 6.04 Å². The summed E-state index contributed by atoms with van der Waals surface area (Å²) in [6, 6.07) is 7.26. The first-order valence-electron chi connectivity index (χ1n) is 5.66. The molecule has 1 amide bonds. The summed E-state index contributed by atoms with van der Waals surface area (Å²) in [5.41, 5.74) is 1.65. The molecule has 0 aliphatic carbocycles. The Morgan fingerprint density at radius 3 is 2.94 bits per heavy atom. The van der Waals surface area contributed by atoms with Gasteiger partial charge < -0.3 is 4.90 Å². The fourth-order valence-electron chi connectivity index (χ4n) is 2.23. The molecular weight excluding hydrogens is 205 g/mol. The minimum absolute atomic E-state index is 0.0294. The molecule has 3 heteroatoms. The maximum absolute atomic E-state index is 12.7. The van der Waals surface area contributed by atoms with Crippen molar-refractivity contribution in [3.05, 3.63) is 35.4 Å². The number of alkyl halides is 1. The molecule has 1 aromatic carbocycles. The fraction of sp³-hybridized carbons (Fsp3) is 0.462. The predicted octanol–water partition coefficient (Wildman–Crippen LogP) is 2.57. The average Bonchev–Trinajstić information content (AvgIpc) is 2.77. The SMILES string of the molecule is Cc1ccccc1C(=O)N1CCCC1CF. The van der Waals surface area contributed by atoms with Gasteiger partial charge in [0.1, 0.15) is 6.67 Å². The summed E-state index contributed by atoms with van der Waals surface area (Å²) in [4.78, 5) is 13.9. The molecule has 1 heterocycles. The fourth-order valence-corrected chi connectivity index (χ4v) is 2.23. The van der Waals surface area contributed by atoms with Crippen LogP contribution in [-0.2, 0) is 0 Å². The van der Waals surface area contributed by atoms with E-state index in [0.717, 1.165) is 18.4 Å². The van der Waals surface area contributed by atoms with Crippen LogP contribution in [-0.4, -0.2) is 30.1 Å². The number of halogens is 1. The number of hydrogen-bond donors (Lipinski definition) is 0. The Morgan fingerprint density at radius 1 is 1.50 bits per heavy atom. The van der Waals surface area contributed by atoms with E-state index in [2.05, 4.69) is 0 Å². The first kappa shape index (κ1) is 11.1. The Labute approximate surface area is 95.1 Å². The van der Waals surface area contributed by atoms with Crippen molar-refractivity contribution in [1.29, 1.82) is 0 Å². The van der Waals surface area contributed by atoms with Crippen LogP contribution in [0.15, 0.2) is 24.3 Å². The number of benzene rings is 1. The number of rotatable bonds is 2. The summed E-state index contributed by atoms with van der Waals surface area (Å²) >= 11 is 0. The second kappa shape index (κ2) is 4.64. The van der Waals surface area contributed by atoms with Crippen molar-refractivity contribution in [2.24, 2.45) is 0 Å². The van der Waals surface area contributed by atoms with E-state index < -0.39 is 6.67 Å². The third-order valence-electron chi connectivity index (χ3n) is 3.19. The summed E-state index contributed by atoms with van der Waals surface area (Å²) in [7, 11) is 0. The standard InChI is InChI=1S/C13H16FNO/c1-10-5-2-3-7-12(10)13(16)15-8-4-6-11(15)9-14/h2-3,5,7,11H,4,6,8-9H2,1H3. The summed E-state index contributed by atoms with van der Waals surface area (Å²) in [5.74, 6) is -0.0294. The van der Waals surface area contributed by atoms with Gasteiger partial charge in [0, 0.05) is 12.1 Å². The summed E-state index contributed by atoms with van der Waals surface area (Å²) in [6.45, 7) is 2.16. The van der Waals surface area contributed by atoms with Gasteiger partial charge in [-0.25, -0.2) is 4.39 Å². The highest BCUT2D eigenvalue weighted by Gasteiger charge is 2.29. The zero-order valence-electron chi connectivity index (χ0n) is 9.45. The Morgan fingerprint density at radius 2 is 2.25 bits per heavy atom. The number of carbonyl (C=O) groups is 1. The van der Waals surface area contributed by atoms with Crippen LogP contribution in [0.2, 0.25) is 0 Å². The maximum Gasteiger partial charge on any atom is 0.254 e. The van der Waals surface area contributed by atoms with Crippen LogP contribution in [0.4, 0.5) is 4.39 Å². The van der Waals surface area contributed by atoms with Gasteiger partial charge in [-0.2, -0.15) is 0 Å². The van der Waals surface area contributed by atoms with Gasteiger partial charge in [-0.3, -0.25) is 4.79 Å². The average molecular weight is 221 g/mol. The maximum atomic E-state index is 12.7. The smallest absolute Gasteiger partial charge is 0.254 e. The Hall–Kier alpha value is -1.38. The van der Waals surface area contributed by atoms with Crippen molar-refractivity contribution < 1.29 is 9.18 Å². The van der Waals surface area contributed by atoms with E-state index in [-0.39, 0.29) is 11.9 Å². The minimum atomic E-state index is -0.433. The highest BCUT2D eigenvalue weighted by molar-refractivity contribution is 5.96. The van der Waals surface area contributed by atoms with Gasteiger partial charge >= 0.3 is 0 Å². The van der Waals surface area contributed by atoms with Crippen molar-refractivity contribution in [3.8, 4) is 0 Å². The number of carbonyl (C=O) groups excluding carboxylic acids is 1. The molecule has 0 spiro atoms. The highest BCUT2D eigenvalue weighted by atomic mass is 19.1. The zero-order chi connectivity index (χ0) is 11.5. The van der Waals surface area contributed by atoms with Crippen molar-refractivity contribution in [1.82, 2.24) is 4.90 Å². The Balaban J connectivity index is 2.22. The van der Waals surface area contributed by atoms with Crippen molar-refractivity contribution in [2.75, 3.05) is 13.2 Å². The normalized spacial score (nSPS) is 20.1.